The molecule has 0 saturated carbocycles. The zero-order chi connectivity index (χ0) is 12.2. The number of rotatable bonds is 4. The van der Waals surface area contributed by atoms with Crippen molar-refractivity contribution < 1.29 is 8.42 Å². The molecule has 6 heteroatoms. The summed E-state index contributed by atoms with van der Waals surface area (Å²) in [7, 11) is -3.32. The molecule has 0 aliphatic heterocycles. The van der Waals surface area contributed by atoms with Gasteiger partial charge in [0.25, 0.3) is 0 Å². The molecule has 1 aromatic carbocycles. The third-order valence-corrected chi connectivity index (χ3v) is 5.10. The van der Waals surface area contributed by atoms with E-state index in [0.717, 1.165) is 5.56 Å². The van der Waals surface area contributed by atoms with E-state index in [9.17, 15) is 8.42 Å². The number of hydrogen-bond acceptors (Lipinski definition) is 3. The molecule has 86 valence electrons. The molecule has 0 aliphatic rings. The molecular weight excluding hydrogens is 358 g/mol. The predicted octanol–water partition coefficient (Wildman–Crippen LogP) is 2.61. The molecule has 0 N–H and O–H groups in total. The molecule has 0 aromatic heterocycles. The predicted molar refractivity (Wildman–Crippen MR) is 70.1 cm³/mol. The third-order valence-electron chi connectivity index (χ3n) is 1.79. The summed E-state index contributed by atoms with van der Waals surface area (Å²) < 4.78 is 22.3. The topological polar surface area (TPSA) is 57.9 Å². The first-order chi connectivity index (χ1) is 7.35. The first kappa shape index (κ1) is 13.7. The van der Waals surface area contributed by atoms with Gasteiger partial charge in [-0.2, -0.15) is 5.26 Å². The lowest BCUT2D eigenvalue weighted by molar-refractivity contribution is 0.595. The van der Waals surface area contributed by atoms with Gasteiger partial charge in [0.15, 0.2) is 13.1 Å². The highest BCUT2D eigenvalue weighted by atomic mass is 79.9. The number of hydrogen-bond donors (Lipinski definition) is 0. The Morgan fingerprint density at radius 3 is 2.31 bits per heavy atom. The zero-order valence-electron chi connectivity index (χ0n) is 8.23. The summed E-state index contributed by atoms with van der Waals surface area (Å²) in [4.78, 5) is 0. The zero-order valence-corrected chi connectivity index (χ0v) is 12.2. The SMILES string of the molecule is N#CC(Br)(Br)CS(=O)(=O)Cc1ccccc1. The van der Waals surface area contributed by atoms with Gasteiger partial charge in [0.1, 0.15) is 0 Å². The minimum Gasteiger partial charge on any atom is -0.228 e. The van der Waals surface area contributed by atoms with Gasteiger partial charge in [0, 0.05) is 0 Å². The molecule has 3 nitrogen and oxygen atoms in total. The molecule has 0 atom stereocenters. The summed E-state index contributed by atoms with van der Waals surface area (Å²) in [5.41, 5.74) is 0.719. The van der Waals surface area contributed by atoms with Gasteiger partial charge < -0.3 is 0 Å². The Morgan fingerprint density at radius 2 is 1.81 bits per heavy atom. The first-order valence-corrected chi connectivity index (χ1v) is 7.79. The molecule has 0 heterocycles. The summed E-state index contributed by atoms with van der Waals surface area (Å²) in [6.07, 6.45) is 0. The lowest BCUT2D eigenvalue weighted by Crippen LogP contribution is -2.23. The fraction of sp³-hybridized carbons (Fsp3) is 0.300. The highest BCUT2D eigenvalue weighted by molar-refractivity contribution is 9.25. The fourth-order valence-electron chi connectivity index (χ4n) is 1.19. The van der Waals surface area contributed by atoms with E-state index in [1.54, 1.807) is 24.3 Å². The van der Waals surface area contributed by atoms with Crippen LogP contribution in [-0.2, 0) is 15.6 Å². The number of benzene rings is 1. The van der Waals surface area contributed by atoms with E-state index in [-0.39, 0.29) is 11.5 Å². The Bertz CT molecular complexity index is 491. The van der Waals surface area contributed by atoms with E-state index in [1.807, 2.05) is 12.1 Å². The number of halogens is 2. The van der Waals surface area contributed by atoms with Crippen LogP contribution in [0.15, 0.2) is 30.3 Å². The van der Waals surface area contributed by atoms with Crippen LogP contribution in [0.25, 0.3) is 0 Å². The Morgan fingerprint density at radius 1 is 1.25 bits per heavy atom. The van der Waals surface area contributed by atoms with Gasteiger partial charge in [0.05, 0.1) is 17.6 Å². The van der Waals surface area contributed by atoms with E-state index < -0.39 is 13.1 Å². The molecule has 1 aromatic rings. The van der Waals surface area contributed by atoms with Gasteiger partial charge in [-0.15, -0.1) is 0 Å². The largest absolute Gasteiger partial charge is 0.228 e. The van der Waals surface area contributed by atoms with Crippen LogP contribution >= 0.6 is 31.9 Å². The number of nitrogens with zero attached hydrogens (tertiary/aromatic N) is 1. The van der Waals surface area contributed by atoms with Crippen LogP contribution in [0.5, 0.6) is 0 Å². The summed E-state index contributed by atoms with van der Waals surface area (Å²) in [6, 6.07) is 10.7. The van der Waals surface area contributed by atoms with Crippen LogP contribution < -0.4 is 0 Å². The molecule has 0 radical (unpaired) electrons. The maximum absolute atomic E-state index is 11.8. The molecule has 0 aliphatic carbocycles. The van der Waals surface area contributed by atoms with E-state index in [1.165, 1.54) is 0 Å². The summed E-state index contributed by atoms with van der Waals surface area (Å²) in [5, 5.41) is 8.72. The van der Waals surface area contributed by atoms with E-state index in [0.29, 0.717) is 0 Å². The van der Waals surface area contributed by atoms with E-state index in [2.05, 4.69) is 31.9 Å². The molecular formula is C10H9Br2NO2S. The molecule has 0 spiro atoms. The van der Waals surface area contributed by atoms with Crippen molar-refractivity contribution >= 4 is 41.7 Å². The van der Waals surface area contributed by atoms with Gasteiger partial charge in [-0.25, -0.2) is 8.42 Å². The van der Waals surface area contributed by atoms with Crippen molar-refractivity contribution in [1.82, 2.24) is 0 Å². The van der Waals surface area contributed by atoms with Gasteiger partial charge >= 0.3 is 0 Å². The van der Waals surface area contributed by atoms with Crippen molar-refractivity contribution in [1.29, 1.82) is 5.26 Å². The number of alkyl halides is 2. The Kier molecular flexibility index (Phi) is 4.53. The van der Waals surface area contributed by atoms with Crippen molar-refractivity contribution in [3.63, 3.8) is 0 Å². The Labute approximate surface area is 112 Å². The van der Waals surface area contributed by atoms with Gasteiger partial charge in [-0.1, -0.05) is 62.2 Å². The fourth-order valence-corrected chi connectivity index (χ4v) is 4.70. The Balaban J connectivity index is 2.79. The molecule has 16 heavy (non-hydrogen) atoms. The quantitative estimate of drug-likeness (QED) is 0.769. The summed E-state index contributed by atoms with van der Waals surface area (Å²) in [5.74, 6) is -0.333. The second-order valence-corrected chi connectivity index (χ2v) is 9.17. The van der Waals surface area contributed by atoms with Gasteiger partial charge in [-0.05, 0) is 5.56 Å². The van der Waals surface area contributed by atoms with Crippen LogP contribution in [-0.4, -0.2) is 17.4 Å². The van der Waals surface area contributed by atoms with Crippen LogP contribution in [0.1, 0.15) is 5.56 Å². The van der Waals surface area contributed by atoms with Crippen LogP contribution in [0.2, 0.25) is 0 Å². The average molecular weight is 367 g/mol. The van der Waals surface area contributed by atoms with Crippen LogP contribution in [0.4, 0.5) is 0 Å². The molecule has 1 rings (SSSR count). The maximum atomic E-state index is 11.8. The van der Waals surface area contributed by atoms with Crippen LogP contribution in [0, 0.1) is 11.3 Å². The maximum Gasteiger partial charge on any atom is 0.180 e. The summed E-state index contributed by atoms with van der Waals surface area (Å²) >= 11 is 6.01. The standard InChI is InChI=1S/C10H9Br2NO2S/c11-10(12,7-13)8-16(14,15)6-9-4-2-1-3-5-9/h1-5H,6,8H2. The van der Waals surface area contributed by atoms with Crippen molar-refractivity contribution in [2.45, 2.75) is 8.99 Å². The summed E-state index contributed by atoms with van der Waals surface area (Å²) in [6.45, 7) is 0. The molecule has 0 amide bonds. The molecule has 0 bridgehead atoms. The molecule has 0 fully saturated rings. The normalized spacial score (nSPS) is 12.1. The van der Waals surface area contributed by atoms with E-state index in [4.69, 9.17) is 5.26 Å². The van der Waals surface area contributed by atoms with Crippen molar-refractivity contribution in [2.75, 3.05) is 5.75 Å². The second-order valence-electron chi connectivity index (χ2n) is 3.33. The highest BCUT2D eigenvalue weighted by Crippen LogP contribution is 2.28. The minimum absolute atomic E-state index is 0.0610. The van der Waals surface area contributed by atoms with Gasteiger partial charge in [-0.3, -0.25) is 0 Å². The third kappa shape index (κ3) is 4.64. The van der Waals surface area contributed by atoms with Crippen LogP contribution in [0.3, 0.4) is 0 Å². The molecule has 0 saturated heterocycles. The number of nitriles is 1. The lowest BCUT2D eigenvalue weighted by atomic mass is 10.2. The number of sulfone groups is 1. The molecule has 0 unspecified atom stereocenters. The van der Waals surface area contributed by atoms with Crippen molar-refractivity contribution in [2.24, 2.45) is 0 Å². The second kappa shape index (κ2) is 5.30. The Hall–Kier alpha value is -0.380. The minimum atomic E-state index is -3.32. The first-order valence-electron chi connectivity index (χ1n) is 4.38. The highest BCUT2D eigenvalue weighted by Gasteiger charge is 2.29. The monoisotopic (exact) mass is 365 g/mol. The van der Waals surface area contributed by atoms with Crippen molar-refractivity contribution in [3.8, 4) is 6.07 Å². The average Bonchev–Trinajstić information content (AvgIpc) is 2.17. The van der Waals surface area contributed by atoms with Gasteiger partial charge in [0.2, 0.25) is 0 Å². The van der Waals surface area contributed by atoms with E-state index >= 15 is 0 Å². The lowest BCUT2D eigenvalue weighted by Gasteiger charge is -2.11. The van der Waals surface area contributed by atoms with Crippen molar-refractivity contribution in [3.05, 3.63) is 35.9 Å². The smallest absolute Gasteiger partial charge is 0.180 e.